The molecule has 1 fully saturated rings. The van der Waals surface area contributed by atoms with Crippen LogP contribution in [0.4, 0.5) is 9.59 Å². The number of rotatable bonds is 4. The van der Waals surface area contributed by atoms with Crippen LogP contribution in [-0.2, 0) is 14.3 Å². The van der Waals surface area contributed by atoms with Gasteiger partial charge in [-0.3, -0.25) is 4.79 Å². The summed E-state index contributed by atoms with van der Waals surface area (Å²) in [5.41, 5.74) is -1.18. The van der Waals surface area contributed by atoms with Crippen LogP contribution < -0.4 is 5.32 Å². The molecule has 1 aliphatic heterocycles. The van der Waals surface area contributed by atoms with Crippen molar-refractivity contribution < 1.29 is 29.0 Å². The first-order valence-corrected chi connectivity index (χ1v) is 9.43. The molecule has 0 aliphatic carbocycles. The summed E-state index contributed by atoms with van der Waals surface area (Å²) in [6.07, 6.45) is 0.226. The van der Waals surface area contributed by atoms with Crippen LogP contribution in [0.1, 0.15) is 60.8 Å². The molecule has 2 amide bonds. The predicted octanol–water partition coefficient (Wildman–Crippen LogP) is 3.25. The van der Waals surface area contributed by atoms with Crippen LogP contribution in [0.15, 0.2) is 0 Å². The summed E-state index contributed by atoms with van der Waals surface area (Å²) < 4.78 is 10.7. The predicted molar refractivity (Wildman–Crippen MR) is 101 cm³/mol. The van der Waals surface area contributed by atoms with Crippen molar-refractivity contribution in [3.8, 4) is 0 Å². The van der Waals surface area contributed by atoms with Gasteiger partial charge in [0.25, 0.3) is 0 Å². The van der Waals surface area contributed by atoms with E-state index in [9.17, 15) is 19.5 Å². The van der Waals surface area contributed by atoms with Crippen LogP contribution in [0.25, 0.3) is 0 Å². The molecule has 0 aromatic heterocycles. The molecule has 0 aromatic carbocycles. The lowest BCUT2D eigenvalue weighted by atomic mass is 9.85. The SMILES string of the molecule is CC(C)(C)OC(=O)NC[C@@H]1CCN(C(=O)OC(C)(C)C)CC[C@@H]1CC(=O)O. The highest BCUT2D eigenvalue weighted by Crippen LogP contribution is 2.28. The lowest BCUT2D eigenvalue weighted by molar-refractivity contribution is -0.138. The Bertz CT molecular complexity index is 535. The van der Waals surface area contributed by atoms with E-state index in [2.05, 4.69) is 5.32 Å². The van der Waals surface area contributed by atoms with Crippen LogP contribution in [-0.4, -0.2) is 59.0 Å². The van der Waals surface area contributed by atoms with Crippen molar-refractivity contribution in [1.29, 1.82) is 0 Å². The van der Waals surface area contributed by atoms with Crippen LogP contribution in [0.2, 0.25) is 0 Å². The number of nitrogens with zero attached hydrogens (tertiary/aromatic N) is 1. The highest BCUT2D eigenvalue weighted by atomic mass is 16.6. The normalized spacial score (nSPS) is 21.2. The highest BCUT2D eigenvalue weighted by molar-refractivity contribution is 5.69. The van der Waals surface area contributed by atoms with Gasteiger partial charge in [0.15, 0.2) is 0 Å². The van der Waals surface area contributed by atoms with Crippen molar-refractivity contribution in [3.63, 3.8) is 0 Å². The van der Waals surface area contributed by atoms with E-state index in [0.717, 1.165) is 0 Å². The smallest absolute Gasteiger partial charge is 0.410 e. The number of hydrogen-bond donors (Lipinski definition) is 2. The van der Waals surface area contributed by atoms with Gasteiger partial charge in [0.1, 0.15) is 11.2 Å². The second kappa shape index (κ2) is 9.28. The maximum Gasteiger partial charge on any atom is 0.410 e. The van der Waals surface area contributed by atoms with Crippen LogP contribution >= 0.6 is 0 Å². The Hall–Kier alpha value is -1.99. The molecule has 2 atom stereocenters. The molecule has 0 radical (unpaired) electrons. The molecule has 0 aromatic rings. The van der Waals surface area contributed by atoms with Crippen molar-refractivity contribution in [3.05, 3.63) is 0 Å². The fraction of sp³-hybridized carbons (Fsp3) is 0.842. The molecule has 8 nitrogen and oxygen atoms in total. The lowest BCUT2D eigenvalue weighted by Gasteiger charge is -2.26. The van der Waals surface area contributed by atoms with Crippen LogP contribution in [0.5, 0.6) is 0 Å². The topological polar surface area (TPSA) is 105 Å². The van der Waals surface area contributed by atoms with Gasteiger partial charge in [-0.25, -0.2) is 9.59 Å². The number of carboxylic acid groups (broad SMARTS) is 1. The van der Waals surface area contributed by atoms with Gasteiger partial charge in [-0.1, -0.05) is 0 Å². The van der Waals surface area contributed by atoms with Gasteiger partial charge in [0.2, 0.25) is 0 Å². The number of amides is 2. The summed E-state index contributed by atoms with van der Waals surface area (Å²) in [6.45, 7) is 12.0. The maximum absolute atomic E-state index is 12.3. The molecule has 8 heteroatoms. The maximum atomic E-state index is 12.3. The molecule has 0 spiro atoms. The monoisotopic (exact) mass is 386 g/mol. The average Bonchev–Trinajstić information content (AvgIpc) is 2.63. The van der Waals surface area contributed by atoms with E-state index in [1.807, 2.05) is 20.8 Å². The molecule has 1 heterocycles. The zero-order valence-corrected chi connectivity index (χ0v) is 17.3. The Balaban J connectivity index is 2.72. The third-order valence-corrected chi connectivity index (χ3v) is 4.20. The zero-order valence-electron chi connectivity index (χ0n) is 17.3. The summed E-state index contributed by atoms with van der Waals surface area (Å²) in [7, 11) is 0. The molecule has 1 aliphatic rings. The largest absolute Gasteiger partial charge is 0.481 e. The Morgan fingerprint density at radius 2 is 1.48 bits per heavy atom. The van der Waals surface area contributed by atoms with Gasteiger partial charge in [-0.05, 0) is 66.2 Å². The summed E-state index contributed by atoms with van der Waals surface area (Å²) in [4.78, 5) is 37.1. The third-order valence-electron chi connectivity index (χ3n) is 4.20. The van der Waals surface area contributed by atoms with Crippen molar-refractivity contribution in [1.82, 2.24) is 10.2 Å². The highest BCUT2D eigenvalue weighted by Gasteiger charge is 2.32. The number of likely N-dealkylation sites (tertiary alicyclic amines) is 1. The molecular weight excluding hydrogens is 352 g/mol. The van der Waals surface area contributed by atoms with E-state index in [4.69, 9.17) is 9.47 Å². The number of alkyl carbamates (subject to hydrolysis) is 1. The van der Waals surface area contributed by atoms with E-state index in [1.165, 1.54) is 0 Å². The van der Waals surface area contributed by atoms with Gasteiger partial charge in [-0.15, -0.1) is 0 Å². The molecule has 0 unspecified atom stereocenters. The summed E-state index contributed by atoms with van der Waals surface area (Å²) in [6, 6.07) is 0. The molecule has 0 bridgehead atoms. The zero-order chi connectivity index (χ0) is 20.8. The first-order valence-electron chi connectivity index (χ1n) is 9.43. The summed E-state index contributed by atoms with van der Waals surface area (Å²) >= 11 is 0. The van der Waals surface area contributed by atoms with E-state index >= 15 is 0 Å². The van der Waals surface area contributed by atoms with E-state index in [-0.39, 0.29) is 18.3 Å². The van der Waals surface area contributed by atoms with Gasteiger partial charge in [0.05, 0.1) is 0 Å². The van der Waals surface area contributed by atoms with E-state index < -0.39 is 29.4 Å². The minimum Gasteiger partial charge on any atom is -0.481 e. The van der Waals surface area contributed by atoms with Gasteiger partial charge < -0.3 is 24.8 Å². The average molecular weight is 386 g/mol. The fourth-order valence-electron chi connectivity index (χ4n) is 3.03. The fourth-order valence-corrected chi connectivity index (χ4v) is 3.03. The number of aliphatic carboxylic acids is 1. The van der Waals surface area contributed by atoms with Gasteiger partial charge in [-0.2, -0.15) is 0 Å². The minimum absolute atomic E-state index is 0.00280. The number of hydrogen-bond acceptors (Lipinski definition) is 5. The van der Waals surface area contributed by atoms with Crippen molar-refractivity contribution >= 4 is 18.2 Å². The number of carboxylic acids is 1. The quantitative estimate of drug-likeness (QED) is 0.768. The third kappa shape index (κ3) is 9.49. The Morgan fingerprint density at radius 1 is 0.963 bits per heavy atom. The van der Waals surface area contributed by atoms with Crippen LogP contribution in [0, 0.1) is 11.8 Å². The number of carbonyl (C=O) groups excluding carboxylic acids is 2. The lowest BCUT2D eigenvalue weighted by Crippen LogP contribution is -2.38. The Morgan fingerprint density at radius 3 is 1.96 bits per heavy atom. The van der Waals surface area contributed by atoms with E-state index in [0.29, 0.717) is 32.5 Å². The molecule has 27 heavy (non-hydrogen) atoms. The first kappa shape index (κ1) is 23.0. The second-order valence-electron chi connectivity index (χ2n) is 9.05. The molecule has 0 saturated carbocycles. The minimum atomic E-state index is -0.881. The first-order chi connectivity index (χ1) is 12.3. The molecule has 1 saturated heterocycles. The Kier molecular flexibility index (Phi) is 7.92. The number of nitrogens with one attached hydrogen (secondary N) is 1. The van der Waals surface area contributed by atoms with Crippen LogP contribution in [0.3, 0.4) is 0 Å². The standard InChI is InChI=1S/C19H34N2O6/c1-18(2,3)26-16(24)20-12-14-8-10-21(17(25)27-19(4,5)6)9-7-13(14)11-15(22)23/h13-14H,7-12H2,1-6H3,(H,20,24)(H,22,23)/t13-,14+/m1/s1. The summed E-state index contributed by atoms with van der Waals surface area (Å²) in [5, 5.41) is 11.9. The van der Waals surface area contributed by atoms with Gasteiger partial charge in [0, 0.05) is 26.1 Å². The van der Waals surface area contributed by atoms with Crippen molar-refractivity contribution in [2.24, 2.45) is 11.8 Å². The van der Waals surface area contributed by atoms with E-state index in [1.54, 1.807) is 25.7 Å². The van der Waals surface area contributed by atoms with Gasteiger partial charge >= 0.3 is 18.2 Å². The number of carbonyl (C=O) groups is 3. The Labute approximate surface area is 161 Å². The molecule has 1 rings (SSSR count). The molecular formula is C19H34N2O6. The molecule has 2 N–H and O–H groups in total. The summed E-state index contributed by atoms with van der Waals surface area (Å²) in [5.74, 6) is -1.07. The molecule has 156 valence electrons. The second-order valence-corrected chi connectivity index (χ2v) is 9.05. The van der Waals surface area contributed by atoms with Crippen molar-refractivity contribution in [2.75, 3.05) is 19.6 Å². The van der Waals surface area contributed by atoms with Crippen molar-refractivity contribution in [2.45, 2.75) is 72.0 Å². The number of ether oxygens (including phenoxy) is 2.